The van der Waals surface area contributed by atoms with Crippen LogP contribution in [0.15, 0.2) is 29.2 Å². The molecule has 1 aromatic rings. The van der Waals surface area contributed by atoms with Crippen LogP contribution < -0.4 is 0 Å². The van der Waals surface area contributed by atoms with E-state index in [9.17, 15) is 36.3 Å². The van der Waals surface area contributed by atoms with E-state index in [1.165, 1.54) is 6.92 Å². The van der Waals surface area contributed by atoms with E-state index in [0.29, 0.717) is 12.1 Å². The molecular formula is C18H24F3NO7S. The number of ether oxygens (including phenoxy) is 1. The van der Waals surface area contributed by atoms with Gasteiger partial charge >= 0.3 is 18.2 Å². The lowest BCUT2D eigenvalue weighted by Gasteiger charge is -2.30. The summed E-state index contributed by atoms with van der Waals surface area (Å²) >= 11 is 0. The molecule has 1 amide bonds. The molecule has 12 heteroatoms. The largest absolute Gasteiger partial charge is 0.480 e. The highest BCUT2D eigenvalue weighted by atomic mass is 32.2. The number of benzene rings is 1. The van der Waals surface area contributed by atoms with Crippen LogP contribution in [-0.4, -0.2) is 55.3 Å². The lowest BCUT2D eigenvalue weighted by atomic mass is 10.2. The number of carboxylic acid groups (broad SMARTS) is 1. The fourth-order valence-electron chi connectivity index (χ4n) is 2.35. The molecule has 0 aliphatic heterocycles. The third-order valence-electron chi connectivity index (χ3n) is 3.72. The molecule has 0 aliphatic carbocycles. The number of carbonyl (C=O) groups excluding carboxylic acids is 1. The highest BCUT2D eigenvalue weighted by molar-refractivity contribution is 7.86. The number of carboxylic acids is 1. The summed E-state index contributed by atoms with van der Waals surface area (Å²) in [5, 5.41) is 9.32. The van der Waals surface area contributed by atoms with E-state index in [0.717, 1.165) is 17.0 Å². The fraction of sp³-hybridized carbons (Fsp3) is 0.556. The molecule has 170 valence electrons. The molecule has 0 spiro atoms. The number of alkyl halides is 3. The molecule has 1 aromatic carbocycles. The van der Waals surface area contributed by atoms with Crippen LogP contribution >= 0.6 is 0 Å². The van der Waals surface area contributed by atoms with Gasteiger partial charge in [0.1, 0.15) is 11.6 Å². The first-order chi connectivity index (χ1) is 13.6. The monoisotopic (exact) mass is 455 g/mol. The average Bonchev–Trinajstić information content (AvgIpc) is 2.58. The van der Waals surface area contributed by atoms with Crippen molar-refractivity contribution in [3.8, 4) is 0 Å². The Morgan fingerprint density at radius 3 is 2.07 bits per heavy atom. The second-order valence-electron chi connectivity index (χ2n) is 7.23. The second-order valence-corrected chi connectivity index (χ2v) is 8.85. The summed E-state index contributed by atoms with van der Waals surface area (Å²) in [6, 6.07) is 1.41. The number of halogens is 3. The van der Waals surface area contributed by atoms with Crippen LogP contribution in [0.5, 0.6) is 0 Å². The molecule has 30 heavy (non-hydrogen) atoms. The minimum Gasteiger partial charge on any atom is -0.480 e. The summed E-state index contributed by atoms with van der Waals surface area (Å²) in [5.74, 6) is -1.31. The smallest absolute Gasteiger partial charge is 0.416 e. The van der Waals surface area contributed by atoms with Crippen molar-refractivity contribution in [2.24, 2.45) is 0 Å². The molecule has 0 radical (unpaired) electrons. The van der Waals surface area contributed by atoms with Crippen molar-refractivity contribution in [2.75, 3.05) is 13.2 Å². The van der Waals surface area contributed by atoms with Gasteiger partial charge in [0.15, 0.2) is 0 Å². The van der Waals surface area contributed by atoms with Gasteiger partial charge in [0.25, 0.3) is 10.1 Å². The average molecular weight is 455 g/mol. The molecule has 1 atom stereocenters. The van der Waals surface area contributed by atoms with Gasteiger partial charge in [-0.2, -0.15) is 21.6 Å². The zero-order chi connectivity index (χ0) is 23.3. The summed E-state index contributed by atoms with van der Waals surface area (Å²) in [4.78, 5) is 24.1. The molecule has 0 fully saturated rings. The fourth-order valence-corrected chi connectivity index (χ4v) is 3.25. The topological polar surface area (TPSA) is 110 Å². The molecule has 0 aliphatic rings. The number of carbonyl (C=O) groups is 2. The third kappa shape index (κ3) is 7.48. The van der Waals surface area contributed by atoms with Crippen molar-refractivity contribution in [2.45, 2.75) is 56.8 Å². The summed E-state index contributed by atoms with van der Waals surface area (Å²) in [7, 11) is -4.43. The van der Waals surface area contributed by atoms with Gasteiger partial charge in [-0.3, -0.25) is 9.08 Å². The Balaban J connectivity index is 2.92. The van der Waals surface area contributed by atoms with Gasteiger partial charge < -0.3 is 9.84 Å². The third-order valence-corrected chi connectivity index (χ3v) is 5.04. The minimum absolute atomic E-state index is 0.0280. The van der Waals surface area contributed by atoms with Crippen LogP contribution in [0, 0.1) is 0 Å². The van der Waals surface area contributed by atoms with Crippen molar-refractivity contribution >= 4 is 22.2 Å². The lowest BCUT2D eigenvalue weighted by molar-refractivity contribution is -0.143. The molecule has 0 unspecified atom stereocenters. The summed E-state index contributed by atoms with van der Waals surface area (Å²) in [6.07, 6.45) is -5.56. The maximum atomic E-state index is 12.6. The van der Waals surface area contributed by atoms with Crippen LogP contribution in [-0.2, 0) is 30.0 Å². The van der Waals surface area contributed by atoms with E-state index in [2.05, 4.69) is 0 Å². The van der Waals surface area contributed by atoms with Gasteiger partial charge in [-0.05, 0) is 51.5 Å². The zero-order valence-corrected chi connectivity index (χ0v) is 17.7. The predicted octanol–water partition coefficient (Wildman–Crippen LogP) is 3.51. The maximum Gasteiger partial charge on any atom is 0.416 e. The lowest BCUT2D eigenvalue weighted by Crippen LogP contribution is -2.48. The Morgan fingerprint density at radius 2 is 1.67 bits per heavy atom. The Hall–Kier alpha value is -2.34. The van der Waals surface area contributed by atoms with Gasteiger partial charge in [-0.15, -0.1) is 0 Å². The van der Waals surface area contributed by atoms with Crippen molar-refractivity contribution in [1.29, 1.82) is 0 Å². The zero-order valence-electron chi connectivity index (χ0n) is 16.9. The number of hydrogen-bond acceptors (Lipinski definition) is 6. The van der Waals surface area contributed by atoms with E-state index in [1.807, 2.05) is 0 Å². The molecule has 8 nitrogen and oxygen atoms in total. The maximum absolute atomic E-state index is 12.6. The molecule has 0 saturated heterocycles. The van der Waals surface area contributed by atoms with Crippen LogP contribution in [0.3, 0.4) is 0 Å². The summed E-state index contributed by atoms with van der Waals surface area (Å²) in [6.45, 7) is 5.21. The standard InChI is InChI=1S/C18H24F3NO7S/c1-5-14(15(23)24)22(16(25)29-17(2,3)4)10-11-28-30(26,27)13-8-6-12(7-9-13)18(19,20)21/h6-9,14H,5,10-11H2,1-4H3,(H,23,24)/t14-/m0/s1. The Bertz CT molecular complexity index is 846. The van der Waals surface area contributed by atoms with E-state index < -0.39 is 63.6 Å². The second kappa shape index (κ2) is 9.65. The van der Waals surface area contributed by atoms with Crippen molar-refractivity contribution in [3.05, 3.63) is 29.8 Å². The van der Waals surface area contributed by atoms with Gasteiger partial charge in [0, 0.05) is 6.54 Å². The first-order valence-electron chi connectivity index (χ1n) is 8.87. The van der Waals surface area contributed by atoms with Gasteiger partial charge in [0.05, 0.1) is 17.1 Å². The molecular weight excluding hydrogens is 431 g/mol. The van der Waals surface area contributed by atoms with Crippen LogP contribution in [0.25, 0.3) is 0 Å². The highest BCUT2D eigenvalue weighted by Crippen LogP contribution is 2.30. The molecule has 1 rings (SSSR count). The molecule has 0 aromatic heterocycles. The van der Waals surface area contributed by atoms with E-state index in [4.69, 9.17) is 8.92 Å². The number of rotatable bonds is 8. The van der Waals surface area contributed by atoms with Crippen LogP contribution in [0.2, 0.25) is 0 Å². The Labute approximate surface area is 172 Å². The first kappa shape index (κ1) is 25.7. The van der Waals surface area contributed by atoms with Crippen molar-refractivity contribution in [1.82, 2.24) is 4.90 Å². The van der Waals surface area contributed by atoms with Gasteiger partial charge in [0.2, 0.25) is 0 Å². The van der Waals surface area contributed by atoms with Crippen LogP contribution in [0.1, 0.15) is 39.7 Å². The van der Waals surface area contributed by atoms with Gasteiger partial charge in [-0.25, -0.2) is 9.59 Å². The van der Waals surface area contributed by atoms with Crippen LogP contribution in [0.4, 0.5) is 18.0 Å². The first-order valence-corrected chi connectivity index (χ1v) is 10.3. The molecule has 1 N–H and O–H groups in total. The SMILES string of the molecule is CC[C@@H](C(=O)O)N(CCOS(=O)(=O)c1ccc(C(F)(F)F)cc1)C(=O)OC(C)(C)C. The highest BCUT2D eigenvalue weighted by Gasteiger charge is 2.33. The number of aliphatic carboxylic acids is 1. The molecule has 0 bridgehead atoms. The minimum atomic E-state index is -4.62. The Morgan fingerprint density at radius 1 is 1.13 bits per heavy atom. The van der Waals surface area contributed by atoms with Crippen molar-refractivity contribution in [3.63, 3.8) is 0 Å². The van der Waals surface area contributed by atoms with Gasteiger partial charge in [-0.1, -0.05) is 6.92 Å². The quantitative estimate of drug-likeness (QED) is 0.597. The normalized spacial score (nSPS) is 13.6. The number of hydrogen-bond donors (Lipinski definition) is 1. The Kier molecular flexibility index (Phi) is 8.26. The number of amides is 1. The number of nitrogens with zero attached hydrogens (tertiary/aromatic N) is 1. The van der Waals surface area contributed by atoms with E-state index in [1.54, 1.807) is 20.8 Å². The van der Waals surface area contributed by atoms with E-state index in [-0.39, 0.29) is 6.42 Å². The summed E-state index contributed by atoms with van der Waals surface area (Å²) in [5.41, 5.74) is -1.94. The van der Waals surface area contributed by atoms with Crippen molar-refractivity contribution < 1.29 is 45.2 Å². The predicted molar refractivity (Wildman–Crippen MR) is 99.2 cm³/mol. The summed E-state index contributed by atoms with van der Waals surface area (Å²) < 4.78 is 72.1. The van der Waals surface area contributed by atoms with E-state index >= 15 is 0 Å². The molecule has 0 heterocycles. The molecule has 0 saturated carbocycles.